The number of hydrogen-bond donors (Lipinski definition) is 1. The molecule has 2 aliphatic heterocycles. The number of aliphatic hydroxyl groups is 1. The number of halogens is 1. The van der Waals surface area contributed by atoms with E-state index in [0.29, 0.717) is 19.0 Å². The molecule has 1 unspecified atom stereocenters. The Hall–Kier alpha value is -2.05. The monoisotopic (exact) mass is 291 g/mol. The average Bonchev–Trinajstić information content (AvgIpc) is 3.05. The van der Waals surface area contributed by atoms with Gasteiger partial charge in [0.2, 0.25) is 12.2 Å². The lowest BCUT2D eigenvalue weighted by molar-refractivity contribution is -0.151. The quantitative estimate of drug-likeness (QED) is 0.799. The Morgan fingerprint density at radius 3 is 2.90 bits per heavy atom. The third kappa shape index (κ3) is 1.43. The molecule has 2 aliphatic rings. The van der Waals surface area contributed by atoms with Gasteiger partial charge >= 0.3 is 5.97 Å². The number of esters is 1. The van der Waals surface area contributed by atoms with E-state index in [1.54, 1.807) is 4.90 Å². The third-order valence-electron chi connectivity index (χ3n) is 3.57. The number of aliphatic hydroxyl groups excluding tert-OH is 1. The van der Waals surface area contributed by atoms with Gasteiger partial charge in [0.05, 0.1) is 11.0 Å². The molecule has 2 aromatic rings. The number of carbonyl (C=O) groups excluding carboxylic acids is 1. The lowest BCUT2D eigenvalue weighted by atomic mass is 10.3. The molecular formula is C13H10ClN3O3. The Morgan fingerprint density at radius 2 is 2.15 bits per heavy atom. The minimum atomic E-state index is -1.33. The second kappa shape index (κ2) is 3.97. The van der Waals surface area contributed by atoms with Gasteiger partial charge in [0.15, 0.2) is 5.03 Å². The van der Waals surface area contributed by atoms with Gasteiger partial charge in [-0.15, -0.1) is 0 Å². The van der Waals surface area contributed by atoms with Crippen LogP contribution < -0.4 is 4.90 Å². The number of benzene rings is 1. The first kappa shape index (κ1) is 11.7. The maximum absolute atomic E-state index is 11.4. The molecular weight excluding hydrogens is 282 g/mol. The molecule has 7 heteroatoms. The maximum atomic E-state index is 11.4. The number of carbonyl (C=O) groups is 1. The molecule has 0 aliphatic carbocycles. The first-order valence-corrected chi connectivity index (χ1v) is 6.56. The van der Waals surface area contributed by atoms with Crippen molar-refractivity contribution in [3.05, 3.63) is 35.0 Å². The van der Waals surface area contributed by atoms with Crippen LogP contribution in [0.2, 0.25) is 0 Å². The summed E-state index contributed by atoms with van der Waals surface area (Å²) in [5.41, 5.74) is 2.15. The van der Waals surface area contributed by atoms with E-state index >= 15 is 0 Å². The van der Waals surface area contributed by atoms with Crippen LogP contribution in [0.4, 0.5) is 5.95 Å². The van der Waals surface area contributed by atoms with Crippen molar-refractivity contribution >= 4 is 34.6 Å². The molecule has 6 nitrogen and oxygen atoms in total. The molecule has 0 bridgehead atoms. The van der Waals surface area contributed by atoms with Gasteiger partial charge in [-0.25, -0.2) is 9.78 Å². The molecule has 0 spiro atoms. The summed E-state index contributed by atoms with van der Waals surface area (Å²) in [5.74, 6) is -0.0413. The van der Waals surface area contributed by atoms with Crippen molar-refractivity contribution in [1.82, 2.24) is 9.55 Å². The highest BCUT2D eigenvalue weighted by Crippen LogP contribution is 2.35. The van der Waals surface area contributed by atoms with Crippen LogP contribution in [0.5, 0.6) is 0 Å². The van der Waals surface area contributed by atoms with Crippen molar-refractivity contribution in [3.8, 4) is 0 Å². The Balaban J connectivity index is 1.87. The van der Waals surface area contributed by atoms with E-state index in [4.69, 9.17) is 16.3 Å². The van der Waals surface area contributed by atoms with E-state index in [2.05, 4.69) is 4.98 Å². The zero-order valence-electron chi connectivity index (χ0n) is 10.3. The maximum Gasteiger partial charge on any atom is 0.354 e. The number of nitrogens with zero attached hydrogens (tertiary/aromatic N) is 3. The smallest absolute Gasteiger partial charge is 0.354 e. The normalized spacial score (nSPS) is 21.8. The number of ether oxygens (including phenoxy) is 1. The van der Waals surface area contributed by atoms with Crippen LogP contribution in [0.1, 0.15) is 0 Å². The fourth-order valence-corrected chi connectivity index (χ4v) is 2.93. The summed E-state index contributed by atoms with van der Waals surface area (Å²) in [4.78, 5) is 17.7. The van der Waals surface area contributed by atoms with E-state index in [-0.39, 0.29) is 10.7 Å². The van der Waals surface area contributed by atoms with Gasteiger partial charge in [0.25, 0.3) is 0 Å². The van der Waals surface area contributed by atoms with Crippen LogP contribution in [0.15, 0.2) is 35.0 Å². The minimum absolute atomic E-state index is 0.0852. The van der Waals surface area contributed by atoms with Gasteiger partial charge in [-0.3, -0.25) is 0 Å². The van der Waals surface area contributed by atoms with E-state index in [1.165, 1.54) is 0 Å². The van der Waals surface area contributed by atoms with E-state index in [0.717, 1.165) is 11.0 Å². The first-order valence-electron chi connectivity index (χ1n) is 6.18. The van der Waals surface area contributed by atoms with Gasteiger partial charge in [0.1, 0.15) is 5.70 Å². The van der Waals surface area contributed by atoms with Crippen LogP contribution in [0, 0.1) is 0 Å². The number of anilines is 1. The SMILES string of the molecule is O=C1OC(O)C(N2CCn3c2nc2ccccc23)=C1Cl. The fourth-order valence-electron chi connectivity index (χ4n) is 2.69. The van der Waals surface area contributed by atoms with Crippen molar-refractivity contribution in [3.63, 3.8) is 0 Å². The molecule has 0 saturated heterocycles. The van der Waals surface area contributed by atoms with Gasteiger partial charge < -0.3 is 19.3 Å². The Morgan fingerprint density at radius 1 is 1.35 bits per heavy atom. The molecule has 0 amide bonds. The summed E-state index contributed by atoms with van der Waals surface area (Å²) in [7, 11) is 0. The van der Waals surface area contributed by atoms with Crippen LogP contribution in [0.25, 0.3) is 11.0 Å². The van der Waals surface area contributed by atoms with Gasteiger partial charge in [-0.2, -0.15) is 0 Å². The van der Waals surface area contributed by atoms with Crippen molar-refractivity contribution in [2.45, 2.75) is 12.8 Å². The molecule has 0 fully saturated rings. The Bertz CT molecular complexity index is 767. The predicted octanol–water partition coefficient (Wildman–Crippen LogP) is 1.18. The molecule has 102 valence electrons. The summed E-state index contributed by atoms with van der Waals surface area (Å²) < 4.78 is 6.75. The van der Waals surface area contributed by atoms with Gasteiger partial charge in [-0.1, -0.05) is 23.7 Å². The van der Waals surface area contributed by atoms with Crippen molar-refractivity contribution in [2.24, 2.45) is 0 Å². The molecule has 1 aromatic carbocycles. The van der Waals surface area contributed by atoms with Crippen LogP contribution in [0.3, 0.4) is 0 Å². The lowest BCUT2D eigenvalue weighted by Crippen LogP contribution is -2.27. The van der Waals surface area contributed by atoms with Crippen LogP contribution in [-0.4, -0.2) is 33.5 Å². The van der Waals surface area contributed by atoms with E-state index in [9.17, 15) is 9.90 Å². The van der Waals surface area contributed by atoms with E-state index in [1.807, 2.05) is 28.8 Å². The van der Waals surface area contributed by atoms with Crippen molar-refractivity contribution < 1.29 is 14.6 Å². The Kier molecular flexibility index (Phi) is 2.33. The number of aromatic nitrogens is 2. The minimum Gasteiger partial charge on any atom is -0.425 e. The zero-order valence-corrected chi connectivity index (χ0v) is 11.0. The highest BCUT2D eigenvalue weighted by Gasteiger charge is 2.39. The summed E-state index contributed by atoms with van der Waals surface area (Å²) in [6, 6.07) is 7.77. The highest BCUT2D eigenvalue weighted by molar-refractivity contribution is 6.42. The lowest BCUT2D eigenvalue weighted by Gasteiger charge is -2.18. The number of para-hydroxylation sites is 2. The second-order valence-corrected chi connectivity index (χ2v) is 5.04. The topological polar surface area (TPSA) is 67.6 Å². The van der Waals surface area contributed by atoms with Gasteiger partial charge in [-0.05, 0) is 12.1 Å². The van der Waals surface area contributed by atoms with Crippen LogP contribution >= 0.6 is 11.6 Å². The molecule has 4 rings (SSSR count). The Labute approximate surface area is 118 Å². The average molecular weight is 292 g/mol. The zero-order chi connectivity index (χ0) is 13.9. The third-order valence-corrected chi connectivity index (χ3v) is 3.92. The van der Waals surface area contributed by atoms with Crippen molar-refractivity contribution in [1.29, 1.82) is 0 Å². The first-order chi connectivity index (χ1) is 9.66. The molecule has 20 heavy (non-hydrogen) atoms. The molecule has 0 radical (unpaired) electrons. The number of cyclic esters (lactones) is 1. The molecule has 1 atom stereocenters. The number of hydrogen-bond acceptors (Lipinski definition) is 5. The summed E-state index contributed by atoms with van der Waals surface area (Å²) in [5, 5.41) is 9.74. The summed E-state index contributed by atoms with van der Waals surface area (Å²) in [6.07, 6.45) is -1.33. The van der Waals surface area contributed by atoms with Crippen molar-refractivity contribution in [2.75, 3.05) is 11.4 Å². The number of fused-ring (bicyclic) bond motifs is 3. The predicted molar refractivity (Wildman–Crippen MR) is 72.1 cm³/mol. The summed E-state index contributed by atoms with van der Waals surface area (Å²) >= 11 is 5.94. The standard InChI is InChI=1S/C13H10ClN3O3/c14-9-10(12(19)20-11(9)18)17-6-5-16-8-4-2-1-3-7(8)15-13(16)17/h1-4,12,19H,5-6H2. The largest absolute Gasteiger partial charge is 0.425 e. The fraction of sp³-hybridized carbons (Fsp3) is 0.231. The molecule has 0 saturated carbocycles. The van der Waals surface area contributed by atoms with Crippen LogP contribution in [-0.2, 0) is 16.1 Å². The van der Waals surface area contributed by atoms with Gasteiger partial charge in [0, 0.05) is 13.1 Å². The van der Waals surface area contributed by atoms with E-state index < -0.39 is 12.3 Å². The molecule has 1 N–H and O–H groups in total. The summed E-state index contributed by atoms with van der Waals surface area (Å²) in [6.45, 7) is 1.30. The second-order valence-electron chi connectivity index (χ2n) is 4.66. The highest BCUT2D eigenvalue weighted by atomic mass is 35.5. The molecule has 3 heterocycles. The number of rotatable bonds is 1. The molecule has 1 aromatic heterocycles. The number of imidazole rings is 1.